The van der Waals surface area contributed by atoms with Crippen LogP contribution in [0.3, 0.4) is 0 Å². The predicted octanol–water partition coefficient (Wildman–Crippen LogP) is 8.69. The van der Waals surface area contributed by atoms with Crippen LogP contribution in [0.5, 0.6) is 11.5 Å². The van der Waals surface area contributed by atoms with Crippen LogP contribution in [0.15, 0.2) is 24.3 Å². The van der Waals surface area contributed by atoms with E-state index in [0.29, 0.717) is 24.3 Å². The summed E-state index contributed by atoms with van der Waals surface area (Å²) in [5.41, 5.74) is 0. The van der Waals surface area contributed by atoms with Gasteiger partial charge in [-0.25, -0.2) is 0 Å². The highest BCUT2D eigenvalue weighted by Gasteiger charge is 2.98. The van der Waals surface area contributed by atoms with Crippen molar-refractivity contribution in [3.8, 4) is 11.5 Å². The van der Waals surface area contributed by atoms with Gasteiger partial charge in [-0.3, -0.25) is 0 Å². The molecule has 0 aliphatic rings. The molecule has 0 amide bonds. The minimum absolute atomic E-state index is 0.380. The van der Waals surface area contributed by atoms with Gasteiger partial charge >= 0.3 is 65.4 Å². The molecule has 25 heteroatoms. The van der Waals surface area contributed by atoms with E-state index in [2.05, 4.69) is 4.74 Å². The summed E-state index contributed by atoms with van der Waals surface area (Å²) >= 11 is 0. The monoisotopic (exact) mass is 692 g/mol. The minimum Gasteiger partial charge on any atom is -0.508 e. The summed E-state index contributed by atoms with van der Waals surface area (Å²) in [4.78, 5) is 0. The van der Waals surface area contributed by atoms with Crippen LogP contribution in [0.2, 0.25) is 0 Å². The van der Waals surface area contributed by atoms with E-state index < -0.39 is 83.5 Å². The van der Waals surface area contributed by atoms with E-state index >= 15 is 0 Å². The van der Waals surface area contributed by atoms with E-state index in [9.17, 15) is 101 Å². The first-order valence-corrected chi connectivity index (χ1v) is 9.74. The Balaban J connectivity index is 3.69. The molecule has 2 nitrogen and oxygen atoms in total. The van der Waals surface area contributed by atoms with Crippen molar-refractivity contribution in [3.05, 3.63) is 24.3 Å². The summed E-state index contributed by atoms with van der Waals surface area (Å²) < 4.78 is 311. The highest BCUT2D eigenvalue weighted by molar-refractivity contribution is 5.30. The molecule has 1 N–H and O–H groups in total. The van der Waals surface area contributed by atoms with E-state index in [0.717, 1.165) is 0 Å². The zero-order valence-corrected chi connectivity index (χ0v) is 19.1. The summed E-state index contributed by atoms with van der Waals surface area (Å²) in [6.07, 6.45) is -8.11. The topological polar surface area (TPSA) is 29.5 Å². The fraction of sp³-hybridized carbons (Fsp3) is 0.667. The Morgan fingerprint density at radius 2 is 0.651 bits per heavy atom. The standard InChI is InChI=1S/C18H7F23O2/c19-8(20,5-43-7-3-1-6(42)2-4-7)9(21,22)10(23,24)11(25,26)12(27,28)13(29,30)14(31,32)15(33,34)16(35,36)17(37,38)18(39,40)41/h1-4,42H,5H2. The van der Waals surface area contributed by atoms with Crippen LogP contribution in [0.25, 0.3) is 0 Å². The van der Waals surface area contributed by atoms with Gasteiger partial charge < -0.3 is 9.84 Å². The lowest BCUT2D eigenvalue weighted by Crippen LogP contribution is -2.77. The van der Waals surface area contributed by atoms with Gasteiger partial charge in [0.15, 0.2) is 6.61 Å². The molecule has 0 bridgehead atoms. The van der Waals surface area contributed by atoms with Crippen LogP contribution in [-0.2, 0) is 0 Å². The maximum Gasteiger partial charge on any atom is 0.460 e. The molecule has 0 spiro atoms. The molecule has 0 saturated carbocycles. The number of alkyl halides is 23. The molecule has 43 heavy (non-hydrogen) atoms. The quantitative estimate of drug-likeness (QED) is 0.222. The first-order chi connectivity index (χ1) is 18.5. The van der Waals surface area contributed by atoms with Crippen LogP contribution in [-0.4, -0.2) is 77.1 Å². The molecule has 0 heterocycles. The van der Waals surface area contributed by atoms with Gasteiger partial charge in [-0.05, 0) is 24.3 Å². The molecule has 0 aliphatic heterocycles. The maximum absolute atomic E-state index is 13.8. The number of phenolic OH excluding ortho intramolecular Hbond substituents is 1. The van der Waals surface area contributed by atoms with E-state index in [1.54, 1.807) is 0 Å². The Hall–Kier alpha value is -2.79. The third-order valence-corrected chi connectivity index (χ3v) is 5.23. The highest BCUT2D eigenvalue weighted by atomic mass is 19.4. The average Bonchev–Trinajstić information content (AvgIpc) is 2.81. The Labute approximate surface area is 220 Å². The molecule has 252 valence electrons. The third-order valence-electron chi connectivity index (χ3n) is 5.23. The summed E-state index contributed by atoms with van der Waals surface area (Å²) in [6, 6.07) is 1.79. The number of halogens is 23. The van der Waals surface area contributed by atoms with Crippen molar-refractivity contribution in [2.45, 2.75) is 65.4 Å². The van der Waals surface area contributed by atoms with Gasteiger partial charge in [0, 0.05) is 0 Å². The highest BCUT2D eigenvalue weighted by Crippen LogP contribution is 2.67. The number of phenols is 1. The van der Waals surface area contributed by atoms with Crippen molar-refractivity contribution >= 4 is 0 Å². The lowest BCUT2D eigenvalue weighted by Gasteiger charge is -2.45. The molecule has 0 fully saturated rings. The second-order valence-corrected chi connectivity index (χ2v) is 8.15. The van der Waals surface area contributed by atoms with Gasteiger partial charge in [-0.15, -0.1) is 0 Å². The molecule has 0 unspecified atom stereocenters. The molecule has 0 saturated heterocycles. The van der Waals surface area contributed by atoms with Crippen LogP contribution < -0.4 is 4.74 Å². The van der Waals surface area contributed by atoms with Gasteiger partial charge in [-0.1, -0.05) is 0 Å². The lowest BCUT2D eigenvalue weighted by molar-refractivity contribution is -0.478. The molecule has 0 aliphatic carbocycles. The fourth-order valence-corrected chi connectivity index (χ4v) is 2.59. The average molecular weight is 692 g/mol. The van der Waals surface area contributed by atoms with E-state index in [1.165, 1.54) is 0 Å². The largest absolute Gasteiger partial charge is 0.508 e. The molecule has 0 atom stereocenters. The number of rotatable bonds is 12. The fourth-order valence-electron chi connectivity index (χ4n) is 2.59. The van der Waals surface area contributed by atoms with Crippen molar-refractivity contribution in [3.63, 3.8) is 0 Å². The van der Waals surface area contributed by atoms with Gasteiger partial charge in [0.25, 0.3) is 0 Å². The Bertz CT molecular complexity index is 1130. The number of aromatic hydroxyl groups is 1. The molecular formula is C18H7F23O2. The number of hydrogen-bond donors (Lipinski definition) is 1. The molecular weight excluding hydrogens is 685 g/mol. The Kier molecular flexibility index (Phi) is 9.00. The maximum atomic E-state index is 13.8. The number of hydrogen-bond acceptors (Lipinski definition) is 2. The Morgan fingerprint density at radius 1 is 0.395 bits per heavy atom. The zero-order valence-electron chi connectivity index (χ0n) is 19.1. The van der Waals surface area contributed by atoms with Crippen molar-refractivity contribution in [2.75, 3.05) is 6.61 Å². The van der Waals surface area contributed by atoms with Crippen molar-refractivity contribution in [2.24, 2.45) is 0 Å². The van der Waals surface area contributed by atoms with Crippen molar-refractivity contribution in [1.29, 1.82) is 0 Å². The van der Waals surface area contributed by atoms with Crippen LogP contribution >= 0.6 is 0 Å². The molecule has 1 aromatic rings. The SMILES string of the molecule is Oc1ccc(OCC(F)(F)C(F)(F)C(F)(F)C(F)(F)C(F)(F)C(F)(F)C(F)(F)C(F)(F)C(F)(F)C(F)(F)C(F)(F)F)cc1. The van der Waals surface area contributed by atoms with Crippen LogP contribution in [0, 0.1) is 0 Å². The van der Waals surface area contributed by atoms with Crippen molar-refractivity contribution < 1.29 is 111 Å². The van der Waals surface area contributed by atoms with E-state index in [1.807, 2.05) is 0 Å². The van der Waals surface area contributed by atoms with Crippen LogP contribution in [0.4, 0.5) is 101 Å². The normalized spacial score (nSPS) is 16.0. The summed E-state index contributed by atoms with van der Waals surface area (Å²) in [5, 5.41) is 8.91. The van der Waals surface area contributed by atoms with Gasteiger partial charge in [0.2, 0.25) is 0 Å². The minimum atomic E-state index is -9.44. The van der Waals surface area contributed by atoms with E-state index in [-0.39, 0.29) is 0 Å². The van der Waals surface area contributed by atoms with Gasteiger partial charge in [0.05, 0.1) is 0 Å². The number of benzene rings is 1. The second kappa shape index (κ2) is 10.1. The molecule has 1 rings (SSSR count). The second-order valence-electron chi connectivity index (χ2n) is 8.15. The summed E-state index contributed by atoms with van der Waals surface area (Å²) in [7, 11) is 0. The molecule has 0 aromatic heterocycles. The van der Waals surface area contributed by atoms with Crippen molar-refractivity contribution in [1.82, 2.24) is 0 Å². The molecule has 1 aromatic carbocycles. The first kappa shape index (κ1) is 38.2. The number of ether oxygens (including phenoxy) is 1. The lowest BCUT2D eigenvalue weighted by atomic mass is 9.85. The van der Waals surface area contributed by atoms with E-state index in [4.69, 9.17) is 5.11 Å². The van der Waals surface area contributed by atoms with Crippen LogP contribution in [0.1, 0.15) is 0 Å². The molecule has 0 radical (unpaired) electrons. The predicted molar refractivity (Wildman–Crippen MR) is 89.1 cm³/mol. The first-order valence-electron chi connectivity index (χ1n) is 9.74. The smallest absolute Gasteiger partial charge is 0.460 e. The van der Waals surface area contributed by atoms with Gasteiger partial charge in [0.1, 0.15) is 11.5 Å². The summed E-state index contributed by atoms with van der Waals surface area (Å²) in [5.74, 6) is -90.0. The zero-order chi connectivity index (χ0) is 34.9. The van der Waals surface area contributed by atoms with Gasteiger partial charge in [-0.2, -0.15) is 101 Å². The summed E-state index contributed by atoms with van der Waals surface area (Å²) in [6.45, 7) is -3.29. The third kappa shape index (κ3) is 5.10. The Morgan fingerprint density at radius 3 is 0.930 bits per heavy atom.